The second-order valence-electron chi connectivity index (χ2n) is 4.58. The van der Waals surface area contributed by atoms with Gasteiger partial charge < -0.3 is 15.3 Å². The van der Waals surface area contributed by atoms with Crippen molar-refractivity contribution in [2.45, 2.75) is 39.2 Å². The van der Waals surface area contributed by atoms with Crippen molar-refractivity contribution in [3.05, 3.63) is 0 Å². The Morgan fingerprint density at radius 1 is 1.56 bits per heavy atom. The van der Waals surface area contributed by atoms with Crippen molar-refractivity contribution in [3.63, 3.8) is 0 Å². The first-order chi connectivity index (χ1) is 7.69. The molecule has 2 N–H and O–H groups in total. The molecule has 0 amide bonds. The lowest BCUT2D eigenvalue weighted by Crippen LogP contribution is -2.49. The van der Waals surface area contributed by atoms with E-state index in [1.807, 2.05) is 6.92 Å². The Kier molecular flexibility index (Phi) is 5.77. The molecule has 0 radical (unpaired) electrons. The number of piperidine rings is 1. The first kappa shape index (κ1) is 13.5. The predicted octanol–water partition coefficient (Wildman–Crippen LogP) is 1.17. The minimum Gasteiger partial charge on any atom is -0.480 e. The smallest absolute Gasteiger partial charge is 0.321 e. The van der Waals surface area contributed by atoms with E-state index in [9.17, 15) is 9.90 Å². The molecule has 0 saturated carbocycles. The molecule has 1 fully saturated rings. The van der Waals surface area contributed by atoms with E-state index in [0.29, 0.717) is 0 Å². The summed E-state index contributed by atoms with van der Waals surface area (Å²) in [5, 5.41) is 12.3. The van der Waals surface area contributed by atoms with Gasteiger partial charge in [0.2, 0.25) is 0 Å². The van der Waals surface area contributed by atoms with Crippen LogP contribution >= 0.6 is 0 Å². The summed E-state index contributed by atoms with van der Waals surface area (Å²) >= 11 is 0. The minimum atomic E-state index is -0.704. The van der Waals surface area contributed by atoms with Gasteiger partial charge in [-0.15, -0.1) is 0 Å². The maximum atomic E-state index is 11.2. The highest BCUT2D eigenvalue weighted by molar-refractivity contribution is 5.73. The molecule has 0 aliphatic carbocycles. The van der Waals surface area contributed by atoms with E-state index in [1.165, 1.54) is 0 Å². The van der Waals surface area contributed by atoms with Gasteiger partial charge in [-0.1, -0.05) is 13.8 Å². The maximum absolute atomic E-state index is 11.2. The van der Waals surface area contributed by atoms with Crippen LogP contribution in [-0.4, -0.2) is 48.2 Å². The van der Waals surface area contributed by atoms with Crippen molar-refractivity contribution < 1.29 is 9.90 Å². The van der Waals surface area contributed by atoms with Gasteiger partial charge >= 0.3 is 5.97 Å². The molecule has 1 aliphatic rings. The number of hydrogen-bond donors (Lipinski definition) is 2. The standard InChI is InChI=1S/C12H24N2O2/c1-3-7-14-8-5-6-10(9-14)11(12(15)16)13-4-2/h10-11,13H,3-9H2,1-2H3,(H,15,16). The molecule has 2 unspecified atom stereocenters. The fourth-order valence-corrected chi connectivity index (χ4v) is 2.56. The summed E-state index contributed by atoms with van der Waals surface area (Å²) in [4.78, 5) is 13.6. The molecule has 1 aliphatic heterocycles. The Morgan fingerprint density at radius 2 is 2.31 bits per heavy atom. The predicted molar refractivity (Wildman–Crippen MR) is 64.6 cm³/mol. The molecule has 1 saturated heterocycles. The lowest BCUT2D eigenvalue weighted by atomic mass is 9.90. The van der Waals surface area contributed by atoms with E-state index in [1.54, 1.807) is 0 Å². The van der Waals surface area contributed by atoms with E-state index in [2.05, 4.69) is 17.1 Å². The highest BCUT2D eigenvalue weighted by Crippen LogP contribution is 2.20. The van der Waals surface area contributed by atoms with Crippen molar-refractivity contribution >= 4 is 5.97 Å². The van der Waals surface area contributed by atoms with Gasteiger partial charge in [0.05, 0.1) is 0 Å². The van der Waals surface area contributed by atoms with Gasteiger partial charge in [-0.25, -0.2) is 0 Å². The molecule has 0 aromatic heterocycles. The molecule has 94 valence electrons. The van der Waals surface area contributed by atoms with Gasteiger partial charge in [0, 0.05) is 6.54 Å². The summed E-state index contributed by atoms with van der Waals surface area (Å²) in [7, 11) is 0. The van der Waals surface area contributed by atoms with Crippen LogP contribution in [0.5, 0.6) is 0 Å². The summed E-state index contributed by atoms with van der Waals surface area (Å²) in [5.74, 6) is -0.442. The van der Waals surface area contributed by atoms with E-state index in [0.717, 1.165) is 45.4 Å². The molecule has 2 atom stereocenters. The number of aliphatic carboxylic acids is 1. The van der Waals surface area contributed by atoms with Crippen LogP contribution in [0.1, 0.15) is 33.1 Å². The number of likely N-dealkylation sites (N-methyl/N-ethyl adjacent to an activating group) is 1. The zero-order valence-corrected chi connectivity index (χ0v) is 10.4. The molecule has 4 heteroatoms. The Morgan fingerprint density at radius 3 is 2.88 bits per heavy atom. The van der Waals surface area contributed by atoms with Gasteiger partial charge in [-0.2, -0.15) is 0 Å². The number of nitrogens with zero attached hydrogens (tertiary/aromatic N) is 1. The number of hydrogen-bond acceptors (Lipinski definition) is 3. The summed E-state index contributed by atoms with van der Waals surface area (Å²) < 4.78 is 0. The quantitative estimate of drug-likeness (QED) is 0.716. The average molecular weight is 228 g/mol. The van der Waals surface area contributed by atoms with Crippen LogP contribution < -0.4 is 5.32 Å². The van der Waals surface area contributed by atoms with Gasteiger partial charge in [0.25, 0.3) is 0 Å². The Balaban J connectivity index is 2.52. The van der Waals surface area contributed by atoms with Crippen LogP contribution in [0.15, 0.2) is 0 Å². The van der Waals surface area contributed by atoms with Crippen LogP contribution in [0.25, 0.3) is 0 Å². The lowest BCUT2D eigenvalue weighted by molar-refractivity contribution is -0.141. The number of carboxylic acid groups (broad SMARTS) is 1. The number of carboxylic acids is 1. The van der Waals surface area contributed by atoms with Gasteiger partial charge in [-0.3, -0.25) is 4.79 Å². The third-order valence-electron chi connectivity index (χ3n) is 3.24. The summed E-state index contributed by atoms with van der Waals surface area (Å²) in [6.07, 6.45) is 3.30. The summed E-state index contributed by atoms with van der Waals surface area (Å²) in [6, 6.07) is -0.371. The fraction of sp³-hybridized carbons (Fsp3) is 0.917. The molecule has 0 bridgehead atoms. The number of likely N-dealkylation sites (tertiary alicyclic amines) is 1. The summed E-state index contributed by atoms with van der Waals surface area (Å²) in [6.45, 7) is 8.00. The van der Waals surface area contributed by atoms with Crippen molar-refractivity contribution in [2.24, 2.45) is 5.92 Å². The first-order valence-corrected chi connectivity index (χ1v) is 6.37. The van der Waals surface area contributed by atoms with E-state index in [4.69, 9.17) is 0 Å². The van der Waals surface area contributed by atoms with Crippen LogP contribution in [0.4, 0.5) is 0 Å². The SMILES string of the molecule is CCCN1CCCC(C(NCC)C(=O)O)C1. The highest BCUT2D eigenvalue weighted by atomic mass is 16.4. The minimum absolute atomic E-state index is 0.262. The third kappa shape index (κ3) is 3.76. The Bertz CT molecular complexity index is 219. The van der Waals surface area contributed by atoms with Gasteiger partial charge in [0.15, 0.2) is 0 Å². The Hall–Kier alpha value is -0.610. The largest absolute Gasteiger partial charge is 0.480 e. The molecule has 1 rings (SSSR count). The first-order valence-electron chi connectivity index (χ1n) is 6.37. The molecule has 4 nitrogen and oxygen atoms in total. The Labute approximate surface area is 98.0 Å². The normalized spacial score (nSPS) is 24.2. The van der Waals surface area contributed by atoms with Gasteiger partial charge in [0.1, 0.15) is 6.04 Å². The topological polar surface area (TPSA) is 52.6 Å². The second-order valence-corrected chi connectivity index (χ2v) is 4.58. The maximum Gasteiger partial charge on any atom is 0.321 e. The van der Waals surface area contributed by atoms with Crippen LogP contribution in [0.2, 0.25) is 0 Å². The van der Waals surface area contributed by atoms with Crippen LogP contribution in [0.3, 0.4) is 0 Å². The van der Waals surface area contributed by atoms with Gasteiger partial charge in [-0.05, 0) is 44.8 Å². The average Bonchev–Trinajstić information content (AvgIpc) is 2.26. The number of nitrogens with one attached hydrogen (secondary N) is 1. The highest BCUT2D eigenvalue weighted by Gasteiger charge is 2.30. The molecular weight excluding hydrogens is 204 g/mol. The van der Waals surface area contributed by atoms with E-state index >= 15 is 0 Å². The van der Waals surface area contributed by atoms with E-state index in [-0.39, 0.29) is 12.0 Å². The zero-order valence-electron chi connectivity index (χ0n) is 10.4. The van der Waals surface area contributed by atoms with Crippen LogP contribution in [0, 0.1) is 5.92 Å². The lowest BCUT2D eigenvalue weighted by Gasteiger charge is -2.35. The molecular formula is C12H24N2O2. The second kappa shape index (κ2) is 6.86. The molecule has 0 aromatic rings. The van der Waals surface area contributed by atoms with Crippen molar-refractivity contribution in [1.29, 1.82) is 0 Å². The third-order valence-corrected chi connectivity index (χ3v) is 3.24. The molecule has 0 aromatic carbocycles. The molecule has 16 heavy (non-hydrogen) atoms. The van der Waals surface area contributed by atoms with E-state index < -0.39 is 5.97 Å². The van der Waals surface area contributed by atoms with Crippen molar-refractivity contribution in [3.8, 4) is 0 Å². The zero-order chi connectivity index (χ0) is 12.0. The molecule has 0 spiro atoms. The number of carbonyl (C=O) groups is 1. The number of rotatable bonds is 6. The van der Waals surface area contributed by atoms with Crippen molar-refractivity contribution in [1.82, 2.24) is 10.2 Å². The van der Waals surface area contributed by atoms with Crippen molar-refractivity contribution in [2.75, 3.05) is 26.2 Å². The van der Waals surface area contributed by atoms with Crippen LogP contribution in [-0.2, 0) is 4.79 Å². The fourth-order valence-electron chi connectivity index (χ4n) is 2.56. The summed E-state index contributed by atoms with van der Waals surface area (Å²) in [5.41, 5.74) is 0. The monoisotopic (exact) mass is 228 g/mol. The molecule has 1 heterocycles.